The van der Waals surface area contributed by atoms with Crippen LogP contribution in [-0.4, -0.2) is 0 Å². The predicted molar refractivity (Wildman–Crippen MR) is 61.2 cm³/mol. The summed E-state index contributed by atoms with van der Waals surface area (Å²) < 4.78 is 13.0. The molecule has 0 aliphatic rings. The number of halogens is 1. The van der Waals surface area contributed by atoms with Gasteiger partial charge in [0.05, 0.1) is 0 Å². The minimum Gasteiger partial charge on any atom is -0.207 e. The van der Waals surface area contributed by atoms with E-state index in [0.717, 1.165) is 11.1 Å². The topological polar surface area (TPSA) is 0 Å². The normalized spacial score (nSPS) is 10.5. The Labute approximate surface area is 87.2 Å². The fraction of sp³-hybridized carbons (Fsp3) is 0.538. The van der Waals surface area contributed by atoms with E-state index in [4.69, 9.17) is 0 Å². The first-order valence-electron chi connectivity index (χ1n) is 5.17. The van der Waals surface area contributed by atoms with Gasteiger partial charge in [0.25, 0.3) is 0 Å². The van der Waals surface area contributed by atoms with Crippen LogP contribution in [0.5, 0.6) is 0 Å². The molecule has 1 rings (SSSR count). The predicted octanol–water partition coefficient (Wildman–Crippen LogP) is 4.46. The first-order valence-corrected chi connectivity index (χ1v) is 5.17. The largest absolute Gasteiger partial charge is 0.207 e. The number of rotatable bonds is 0. The van der Waals surface area contributed by atoms with Crippen LogP contribution in [0.3, 0.4) is 0 Å². The molecule has 0 aromatic heterocycles. The van der Waals surface area contributed by atoms with Crippen molar-refractivity contribution in [2.24, 2.45) is 0 Å². The summed E-state index contributed by atoms with van der Waals surface area (Å²) in [5.41, 5.74) is 2.08. The Balaban J connectivity index is 0.000000791. The highest BCUT2D eigenvalue weighted by molar-refractivity contribution is 5.28. The standard InChI is InChI=1S/C11H15F.C2H6/c1-8-5-9(11(2,3)4)7-10(12)6-8;1-2/h5-7H,1-4H3;1-2H3. The molecule has 0 heterocycles. The van der Waals surface area contributed by atoms with Gasteiger partial charge in [-0.2, -0.15) is 0 Å². The van der Waals surface area contributed by atoms with Gasteiger partial charge < -0.3 is 0 Å². The van der Waals surface area contributed by atoms with Gasteiger partial charge in [-0.1, -0.05) is 40.7 Å². The summed E-state index contributed by atoms with van der Waals surface area (Å²) in [5.74, 6) is -0.139. The average Bonchev–Trinajstić information content (AvgIpc) is 2.04. The van der Waals surface area contributed by atoms with Crippen molar-refractivity contribution in [1.29, 1.82) is 0 Å². The van der Waals surface area contributed by atoms with E-state index in [2.05, 4.69) is 20.8 Å². The van der Waals surface area contributed by atoms with Crippen molar-refractivity contribution in [3.05, 3.63) is 35.1 Å². The minimum absolute atomic E-state index is 0.0346. The van der Waals surface area contributed by atoms with Gasteiger partial charge >= 0.3 is 0 Å². The van der Waals surface area contributed by atoms with Gasteiger partial charge in [-0.25, -0.2) is 4.39 Å². The molecule has 0 spiro atoms. The van der Waals surface area contributed by atoms with Crippen LogP contribution in [0.25, 0.3) is 0 Å². The van der Waals surface area contributed by atoms with E-state index in [-0.39, 0.29) is 11.2 Å². The zero-order valence-corrected chi connectivity index (χ0v) is 10.1. The summed E-state index contributed by atoms with van der Waals surface area (Å²) in [7, 11) is 0. The fourth-order valence-corrected chi connectivity index (χ4v) is 1.17. The van der Waals surface area contributed by atoms with Crippen molar-refractivity contribution >= 4 is 0 Å². The summed E-state index contributed by atoms with van der Waals surface area (Å²) in [6.07, 6.45) is 0. The van der Waals surface area contributed by atoms with Crippen LogP contribution in [0, 0.1) is 12.7 Å². The number of hydrogen-bond acceptors (Lipinski definition) is 0. The molecule has 80 valence electrons. The highest BCUT2D eigenvalue weighted by Crippen LogP contribution is 2.23. The van der Waals surface area contributed by atoms with Gasteiger partial charge in [-0.05, 0) is 35.6 Å². The second kappa shape index (κ2) is 5.14. The maximum atomic E-state index is 13.0. The van der Waals surface area contributed by atoms with Crippen LogP contribution in [0.1, 0.15) is 45.7 Å². The molecule has 0 bridgehead atoms. The molecule has 0 aliphatic carbocycles. The molecule has 1 heteroatoms. The van der Waals surface area contributed by atoms with E-state index in [9.17, 15) is 4.39 Å². The van der Waals surface area contributed by atoms with Crippen LogP contribution in [-0.2, 0) is 5.41 Å². The molecule has 0 unspecified atom stereocenters. The summed E-state index contributed by atoms with van der Waals surface area (Å²) in [4.78, 5) is 0. The SMILES string of the molecule is CC.Cc1cc(F)cc(C(C)(C)C)c1. The molecule has 1 aromatic carbocycles. The maximum Gasteiger partial charge on any atom is 0.123 e. The molecular formula is C13H21F. The van der Waals surface area contributed by atoms with Crippen LogP contribution in [0.4, 0.5) is 4.39 Å². The van der Waals surface area contributed by atoms with E-state index >= 15 is 0 Å². The number of hydrogen-bond donors (Lipinski definition) is 0. The highest BCUT2D eigenvalue weighted by atomic mass is 19.1. The third-order valence-corrected chi connectivity index (χ3v) is 1.91. The van der Waals surface area contributed by atoms with E-state index < -0.39 is 0 Å². The molecule has 0 fully saturated rings. The van der Waals surface area contributed by atoms with Crippen LogP contribution in [0.2, 0.25) is 0 Å². The zero-order valence-electron chi connectivity index (χ0n) is 10.1. The smallest absolute Gasteiger partial charge is 0.123 e. The third kappa shape index (κ3) is 3.91. The van der Waals surface area contributed by atoms with Crippen LogP contribution >= 0.6 is 0 Å². The number of benzene rings is 1. The van der Waals surface area contributed by atoms with Crippen molar-refractivity contribution < 1.29 is 4.39 Å². The Morgan fingerprint density at radius 1 is 1.00 bits per heavy atom. The molecule has 0 radical (unpaired) electrons. The molecule has 0 N–H and O–H groups in total. The van der Waals surface area contributed by atoms with E-state index in [0.29, 0.717) is 0 Å². The van der Waals surface area contributed by atoms with Crippen molar-refractivity contribution in [3.8, 4) is 0 Å². The van der Waals surface area contributed by atoms with E-state index in [1.54, 1.807) is 12.1 Å². The first kappa shape index (κ1) is 13.2. The van der Waals surface area contributed by atoms with Gasteiger partial charge in [0, 0.05) is 0 Å². The van der Waals surface area contributed by atoms with Gasteiger partial charge in [0.2, 0.25) is 0 Å². The molecule has 0 atom stereocenters. The molecule has 0 amide bonds. The number of aryl methyl sites for hydroxylation is 1. The lowest BCUT2D eigenvalue weighted by atomic mass is 9.86. The summed E-state index contributed by atoms with van der Waals surface area (Å²) in [6, 6.07) is 5.19. The molecule has 0 saturated carbocycles. The Morgan fingerprint density at radius 3 is 1.86 bits per heavy atom. The third-order valence-electron chi connectivity index (χ3n) is 1.91. The first-order chi connectivity index (χ1) is 6.39. The second-order valence-corrected chi connectivity index (χ2v) is 4.27. The van der Waals surface area contributed by atoms with Gasteiger partial charge in [0.1, 0.15) is 5.82 Å². The van der Waals surface area contributed by atoms with Crippen molar-refractivity contribution in [1.82, 2.24) is 0 Å². The minimum atomic E-state index is -0.139. The van der Waals surface area contributed by atoms with Crippen molar-refractivity contribution in [3.63, 3.8) is 0 Å². The lowest BCUT2D eigenvalue weighted by molar-refractivity contribution is 0.571. The summed E-state index contributed by atoms with van der Waals surface area (Å²) >= 11 is 0. The molecular weight excluding hydrogens is 175 g/mol. The van der Waals surface area contributed by atoms with Gasteiger partial charge in [-0.3, -0.25) is 0 Å². The zero-order chi connectivity index (χ0) is 11.4. The Kier molecular flexibility index (Phi) is 4.82. The van der Waals surface area contributed by atoms with E-state index in [1.807, 2.05) is 26.8 Å². The lowest BCUT2D eigenvalue weighted by Crippen LogP contribution is -2.11. The maximum absolute atomic E-state index is 13.0. The Bertz CT molecular complexity index is 262. The summed E-state index contributed by atoms with van der Waals surface area (Å²) in [6.45, 7) is 12.2. The molecule has 0 nitrogen and oxygen atoms in total. The van der Waals surface area contributed by atoms with Crippen molar-refractivity contribution in [2.45, 2.75) is 47.0 Å². The van der Waals surface area contributed by atoms with Crippen LogP contribution in [0.15, 0.2) is 18.2 Å². The van der Waals surface area contributed by atoms with Crippen molar-refractivity contribution in [2.75, 3.05) is 0 Å². The fourth-order valence-electron chi connectivity index (χ4n) is 1.17. The van der Waals surface area contributed by atoms with Crippen LogP contribution < -0.4 is 0 Å². The highest BCUT2D eigenvalue weighted by Gasteiger charge is 2.14. The average molecular weight is 196 g/mol. The molecule has 1 aromatic rings. The van der Waals surface area contributed by atoms with Gasteiger partial charge in [-0.15, -0.1) is 0 Å². The monoisotopic (exact) mass is 196 g/mol. The van der Waals surface area contributed by atoms with E-state index in [1.165, 1.54) is 0 Å². The second-order valence-electron chi connectivity index (χ2n) is 4.27. The quantitative estimate of drug-likeness (QED) is 0.574. The van der Waals surface area contributed by atoms with Gasteiger partial charge in [0.15, 0.2) is 0 Å². The Hall–Kier alpha value is -0.850. The summed E-state index contributed by atoms with van der Waals surface area (Å²) in [5, 5.41) is 0. The molecule has 0 aliphatic heterocycles. The Morgan fingerprint density at radius 2 is 1.50 bits per heavy atom. The molecule has 0 saturated heterocycles. The molecule has 14 heavy (non-hydrogen) atoms. The lowest BCUT2D eigenvalue weighted by Gasteiger charge is -2.19.